The van der Waals surface area contributed by atoms with Crippen LogP contribution in [0.5, 0.6) is 11.5 Å². The van der Waals surface area contributed by atoms with Crippen molar-refractivity contribution in [3.63, 3.8) is 0 Å². The molecule has 0 aliphatic rings. The predicted molar refractivity (Wildman–Crippen MR) is 81.1 cm³/mol. The number of anilines is 2. The lowest BCUT2D eigenvalue weighted by Gasteiger charge is -2.13. The van der Waals surface area contributed by atoms with Gasteiger partial charge in [0.25, 0.3) is 0 Å². The van der Waals surface area contributed by atoms with Gasteiger partial charge in [0.1, 0.15) is 11.5 Å². The summed E-state index contributed by atoms with van der Waals surface area (Å²) in [5, 5.41) is 0. The van der Waals surface area contributed by atoms with E-state index >= 15 is 0 Å². The molecule has 19 heavy (non-hydrogen) atoms. The van der Waals surface area contributed by atoms with Crippen molar-refractivity contribution in [2.24, 2.45) is 0 Å². The van der Waals surface area contributed by atoms with Crippen molar-refractivity contribution in [1.29, 1.82) is 0 Å². The summed E-state index contributed by atoms with van der Waals surface area (Å²) in [5.41, 5.74) is 14.6. The summed E-state index contributed by atoms with van der Waals surface area (Å²) in [4.78, 5) is 0. The average Bonchev–Trinajstić information content (AvgIpc) is 2.38. The van der Waals surface area contributed by atoms with Gasteiger partial charge >= 0.3 is 0 Å². The minimum atomic E-state index is 0. The summed E-state index contributed by atoms with van der Waals surface area (Å²) in [5.74, 6) is 1.41. The molecule has 0 aliphatic heterocycles. The van der Waals surface area contributed by atoms with Gasteiger partial charge in [0.15, 0.2) is 0 Å². The summed E-state index contributed by atoms with van der Waals surface area (Å²) in [7, 11) is 3.23. The number of rotatable bonds is 3. The second-order valence-electron chi connectivity index (χ2n) is 3.92. The fraction of sp³-hybridized carbons (Fsp3) is 0.143. The van der Waals surface area contributed by atoms with Gasteiger partial charge in [-0.15, -0.1) is 12.4 Å². The second-order valence-corrected chi connectivity index (χ2v) is 3.92. The van der Waals surface area contributed by atoms with Gasteiger partial charge in [-0.2, -0.15) is 0 Å². The highest BCUT2D eigenvalue weighted by Gasteiger charge is 2.11. The van der Waals surface area contributed by atoms with Crippen molar-refractivity contribution < 1.29 is 9.47 Å². The molecule has 0 atom stereocenters. The van der Waals surface area contributed by atoms with Gasteiger partial charge in [-0.1, -0.05) is 0 Å². The van der Waals surface area contributed by atoms with E-state index in [-0.39, 0.29) is 12.4 Å². The van der Waals surface area contributed by atoms with Crippen LogP contribution in [0.15, 0.2) is 36.4 Å². The van der Waals surface area contributed by atoms with E-state index in [4.69, 9.17) is 20.9 Å². The molecule has 0 unspecified atom stereocenters. The molecular weight excluding hydrogens is 264 g/mol. The molecule has 102 valence electrons. The number of hydrogen-bond acceptors (Lipinski definition) is 4. The minimum Gasteiger partial charge on any atom is -0.496 e. The van der Waals surface area contributed by atoms with Crippen LogP contribution in [0.2, 0.25) is 0 Å². The first-order valence-electron chi connectivity index (χ1n) is 5.53. The van der Waals surface area contributed by atoms with Crippen molar-refractivity contribution in [3.05, 3.63) is 36.4 Å². The van der Waals surface area contributed by atoms with Crippen LogP contribution in [0.4, 0.5) is 11.4 Å². The Labute approximate surface area is 118 Å². The first kappa shape index (κ1) is 15.0. The van der Waals surface area contributed by atoms with E-state index in [9.17, 15) is 0 Å². The summed E-state index contributed by atoms with van der Waals surface area (Å²) in [6.45, 7) is 0. The van der Waals surface area contributed by atoms with Crippen LogP contribution in [0.3, 0.4) is 0 Å². The molecule has 0 amide bonds. The zero-order valence-corrected chi connectivity index (χ0v) is 11.7. The Kier molecular flexibility index (Phi) is 4.89. The van der Waals surface area contributed by atoms with Crippen LogP contribution in [0.1, 0.15) is 0 Å². The number of ether oxygens (including phenoxy) is 2. The van der Waals surface area contributed by atoms with Crippen LogP contribution in [-0.2, 0) is 0 Å². The summed E-state index contributed by atoms with van der Waals surface area (Å²) < 4.78 is 10.7. The van der Waals surface area contributed by atoms with Gasteiger partial charge in [-0.3, -0.25) is 0 Å². The quantitative estimate of drug-likeness (QED) is 0.848. The number of nitrogens with two attached hydrogens (primary N) is 2. The Morgan fingerprint density at radius 2 is 1.11 bits per heavy atom. The summed E-state index contributed by atoms with van der Waals surface area (Å²) >= 11 is 0. The maximum Gasteiger partial charge on any atom is 0.128 e. The normalized spacial score (nSPS) is 9.58. The van der Waals surface area contributed by atoms with E-state index in [1.165, 1.54) is 0 Å². The number of hydrogen-bond donors (Lipinski definition) is 2. The highest BCUT2D eigenvalue weighted by atomic mass is 35.5. The van der Waals surface area contributed by atoms with Crippen LogP contribution < -0.4 is 20.9 Å². The number of nitrogen functional groups attached to an aromatic ring is 2. The Balaban J connectivity index is 0.00000180. The molecule has 4 N–H and O–H groups in total. The van der Waals surface area contributed by atoms with Gasteiger partial charge in [0.2, 0.25) is 0 Å². The molecule has 5 heteroatoms. The monoisotopic (exact) mass is 280 g/mol. The fourth-order valence-electron chi connectivity index (χ4n) is 1.86. The highest BCUT2D eigenvalue weighted by Crippen LogP contribution is 2.38. The van der Waals surface area contributed by atoms with E-state index in [1.807, 2.05) is 24.3 Å². The lowest BCUT2D eigenvalue weighted by Crippen LogP contribution is -1.95. The van der Waals surface area contributed by atoms with Gasteiger partial charge in [0.05, 0.1) is 14.2 Å². The molecule has 0 fully saturated rings. The molecular formula is C14H17ClN2O2. The Morgan fingerprint density at radius 3 is 1.42 bits per heavy atom. The summed E-state index contributed by atoms with van der Waals surface area (Å²) in [6.07, 6.45) is 0. The van der Waals surface area contributed by atoms with E-state index in [2.05, 4.69) is 0 Å². The largest absolute Gasteiger partial charge is 0.496 e. The second kappa shape index (κ2) is 6.20. The molecule has 2 rings (SSSR count). The minimum absolute atomic E-state index is 0. The fourth-order valence-corrected chi connectivity index (χ4v) is 1.86. The average molecular weight is 281 g/mol. The first-order valence-corrected chi connectivity index (χ1v) is 5.53. The molecule has 0 saturated carbocycles. The van der Waals surface area contributed by atoms with Gasteiger partial charge in [-0.05, 0) is 24.3 Å². The molecule has 0 saturated heterocycles. The maximum atomic E-state index is 5.74. The number of halogens is 1. The lowest BCUT2D eigenvalue weighted by atomic mass is 10.0. The van der Waals surface area contributed by atoms with Crippen molar-refractivity contribution >= 4 is 23.8 Å². The Morgan fingerprint density at radius 1 is 0.737 bits per heavy atom. The predicted octanol–water partition coefficient (Wildman–Crippen LogP) is 2.96. The summed E-state index contributed by atoms with van der Waals surface area (Å²) in [6, 6.07) is 11.0. The third kappa shape index (κ3) is 3.03. The standard InChI is InChI=1S/C14H16N2O2.ClH/c1-17-13-7-9(15)3-5-11(13)12-6-4-10(16)8-14(12)18-2;/h3-8H,15-16H2,1-2H3;1H. The molecule has 0 aliphatic carbocycles. The van der Waals surface area contributed by atoms with E-state index < -0.39 is 0 Å². The van der Waals surface area contributed by atoms with Crippen molar-refractivity contribution in [2.45, 2.75) is 0 Å². The van der Waals surface area contributed by atoms with Gasteiger partial charge in [-0.25, -0.2) is 0 Å². The van der Waals surface area contributed by atoms with Crippen LogP contribution in [0.25, 0.3) is 11.1 Å². The van der Waals surface area contributed by atoms with E-state index in [0.717, 1.165) is 11.1 Å². The molecule has 0 aromatic heterocycles. The number of benzene rings is 2. The SMILES string of the molecule is COc1cc(N)ccc1-c1ccc(N)cc1OC.Cl. The third-order valence-electron chi connectivity index (χ3n) is 2.74. The zero-order chi connectivity index (χ0) is 13.1. The molecule has 2 aromatic carbocycles. The smallest absolute Gasteiger partial charge is 0.128 e. The number of methoxy groups -OCH3 is 2. The molecule has 4 nitrogen and oxygen atoms in total. The third-order valence-corrected chi connectivity index (χ3v) is 2.74. The molecule has 0 spiro atoms. The maximum absolute atomic E-state index is 5.74. The van der Waals surface area contributed by atoms with Crippen LogP contribution in [-0.4, -0.2) is 14.2 Å². The van der Waals surface area contributed by atoms with E-state index in [0.29, 0.717) is 22.9 Å². The first-order chi connectivity index (χ1) is 8.65. The highest BCUT2D eigenvalue weighted by molar-refractivity contribution is 5.85. The van der Waals surface area contributed by atoms with Crippen molar-refractivity contribution in [2.75, 3.05) is 25.7 Å². The Bertz CT molecular complexity index is 522. The molecule has 2 aromatic rings. The van der Waals surface area contributed by atoms with E-state index in [1.54, 1.807) is 26.4 Å². The molecule has 0 radical (unpaired) electrons. The topological polar surface area (TPSA) is 70.5 Å². The van der Waals surface area contributed by atoms with Gasteiger partial charge in [0, 0.05) is 34.6 Å². The zero-order valence-electron chi connectivity index (χ0n) is 10.8. The lowest BCUT2D eigenvalue weighted by molar-refractivity contribution is 0.410. The molecule has 0 bridgehead atoms. The van der Waals surface area contributed by atoms with Crippen LogP contribution >= 0.6 is 12.4 Å². The molecule has 0 heterocycles. The van der Waals surface area contributed by atoms with Crippen LogP contribution in [0, 0.1) is 0 Å². The Hall–Kier alpha value is -2.07. The van der Waals surface area contributed by atoms with Crippen molar-refractivity contribution in [3.8, 4) is 22.6 Å². The van der Waals surface area contributed by atoms with Crippen molar-refractivity contribution in [1.82, 2.24) is 0 Å². The van der Waals surface area contributed by atoms with Gasteiger partial charge < -0.3 is 20.9 Å².